The molecule has 1 aliphatic carbocycles. The van der Waals surface area contributed by atoms with Gasteiger partial charge in [-0.05, 0) is 24.6 Å². The van der Waals surface area contributed by atoms with Gasteiger partial charge in [0.05, 0.1) is 5.69 Å². The summed E-state index contributed by atoms with van der Waals surface area (Å²) in [5, 5.41) is 14.3. The molecule has 0 bridgehead atoms. The predicted molar refractivity (Wildman–Crippen MR) is 41.2 cm³/mol. The number of aromatic nitrogens is 2. The van der Waals surface area contributed by atoms with Gasteiger partial charge in [0.15, 0.2) is 0 Å². The van der Waals surface area contributed by atoms with Crippen LogP contribution in [0.1, 0.15) is 11.3 Å². The average molecular weight is 145 g/mol. The van der Waals surface area contributed by atoms with Gasteiger partial charge in [-0.3, -0.25) is 10.2 Å². The zero-order valence-corrected chi connectivity index (χ0v) is 6.10. The van der Waals surface area contributed by atoms with E-state index in [2.05, 4.69) is 16.3 Å². The highest BCUT2D eigenvalue weighted by Crippen LogP contribution is 2.25. The van der Waals surface area contributed by atoms with Gasteiger partial charge in [-0.2, -0.15) is 5.26 Å². The highest BCUT2D eigenvalue weighted by Gasteiger charge is 2.10. The lowest BCUT2D eigenvalue weighted by molar-refractivity contribution is 1.08. The molecule has 1 aliphatic heterocycles. The third-order valence-electron chi connectivity index (χ3n) is 1.74. The van der Waals surface area contributed by atoms with E-state index in [9.17, 15) is 0 Å². The van der Waals surface area contributed by atoms with Crippen LogP contribution in [0.3, 0.4) is 0 Å². The van der Waals surface area contributed by atoms with Gasteiger partial charge in [0.1, 0.15) is 11.8 Å². The van der Waals surface area contributed by atoms with Crippen LogP contribution in [0, 0.1) is 18.3 Å². The Balaban J connectivity index is 2.73. The standard InChI is InChI=1S/C8H7N3/c1-5-2-6-7(3-5)10-11-8(6)4-9/h2-3,10-11H,1H3. The molecule has 0 saturated carbocycles. The van der Waals surface area contributed by atoms with Gasteiger partial charge in [0, 0.05) is 5.56 Å². The first-order chi connectivity index (χ1) is 5.31. The third kappa shape index (κ3) is 0.729. The maximum atomic E-state index is 8.63. The molecular weight excluding hydrogens is 138 g/mol. The zero-order chi connectivity index (χ0) is 7.84. The minimum absolute atomic E-state index is 0.605. The molecule has 0 aromatic heterocycles. The van der Waals surface area contributed by atoms with E-state index < -0.39 is 0 Å². The minimum Gasteiger partial charge on any atom is -0.300 e. The van der Waals surface area contributed by atoms with Gasteiger partial charge in [0.25, 0.3) is 0 Å². The number of H-pyrrole nitrogens is 2. The summed E-state index contributed by atoms with van der Waals surface area (Å²) in [6.45, 7) is 2.01. The lowest BCUT2D eigenvalue weighted by Gasteiger charge is -1.80. The third-order valence-corrected chi connectivity index (χ3v) is 1.74. The van der Waals surface area contributed by atoms with E-state index in [1.165, 1.54) is 5.56 Å². The largest absolute Gasteiger partial charge is 0.300 e. The summed E-state index contributed by atoms with van der Waals surface area (Å²) in [6.07, 6.45) is 0. The van der Waals surface area contributed by atoms with Crippen molar-refractivity contribution >= 4 is 0 Å². The number of nitrogens with zero attached hydrogens (tertiary/aromatic N) is 1. The van der Waals surface area contributed by atoms with Crippen molar-refractivity contribution in [1.29, 1.82) is 5.26 Å². The molecule has 0 aromatic rings. The summed E-state index contributed by atoms with van der Waals surface area (Å²) in [7, 11) is 0. The fourth-order valence-corrected chi connectivity index (χ4v) is 1.25. The number of aryl methyl sites for hydroxylation is 1. The zero-order valence-electron chi connectivity index (χ0n) is 6.10. The molecule has 3 nitrogen and oxygen atoms in total. The molecule has 0 saturated heterocycles. The van der Waals surface area contributed by atoms with Crippen LogP contribution in [0.5, 0.6) is 0 Å². The summed E-state index contributed by atoms with van der Waals surface area (Å²) in [5.41, 5.74) is 3.76. The van der Waals surface area contributed by atoms with Crippen LogP contribution in [-0.2, 0) is 0 Å². The van der Waals surface area contributed by atoms with Crippen LogP contribution >= 0.6 is 0 Å². The summed E-state index contributed by atoms with van der Waals surface area (Å²) < 4.78 is 0. The van der Waals surface area contributed by atoms with Crippen molar-refractivity contribution in [3.05, 3.63) is 23.4 Å². The van der Waals surface area contributed by atoms with E-state index >= 15 is 0 Å². The first-order valence-corrected chi connectivity index (χ1v) is 3.38. The fraction of sp³-hybridized carbons (Fsp3) is 0.125. The van der Waals surface area contributed by atoms with Crippen LogP contribution in [0.25, 0.3) is 11.3 Å². The maximum absolute atomic E-state index is 8.63. The summed E-state index contributed by atoms with van der Waals surface area (Å²) in [4.78, 5) is 0. The van der Waals surface area contributed by atoms with E-state index in [-0.39, 0.29) is 0 Å². The first kappa shape index (κ1) is 6.05. The summed E-state index contributed by atoms with van der Waals surface area (Å²) in [6, 6.07) is 6.07. The highest BCUT2D eigenvalue weighted by atomic mass is 15.1. The van der Waals surface area contributed by atoms with Crippen LogP contribution in [0.4, 0.5) is 0 Å². The molecule has 0 aromatic carbocycles. The Morgan fingerprint density at radius 2 is 2.18 bits per heavy atom. The van der Waals surface area contributed by atoms with Crippen LogP contribution in [0.15, 0.2) is 12.1 Å². The van der Waals surface area contributed by atoms with Crippen LogP contribution < -0.4 is 0 Å². The monoisotopic (exact) mass is 145 g/mol. The molecular formula is C8H7N3. The number of rotatable bonds is 0. The SMILES string of the molecule is Cc1cc2[nH][nH]c(C#N)c-2c1. The van der Waals surface area contributed by atoms with Gasteiger partial charge >= 0.3 is 0 Å². The maximum Gasteiger partial charge on any atom is 0.141 e. The van der Waals surface area contributed by atoms with E-state index in [0.717, 1.165) is 11.3 Å². The van der Waals surface area contributed by atoms with E-state index in [1.807, 2.05) is 19.1 Å². The molecule has 11 heavy (non-hydrogen) atoms. The fourth-order valence-electron chi connectivity index (χ4n) is 1.25. The summed E-state index contributed by atoms with van der Waals surface area (Å²) in [5.74, 6) is 0. The molecule has 1 heterocycles. The van der Waals surface area contributed by atoms with Crippen LogP contribution in [0.2, 0.25) is 0 Å². The lowest BCUT2D eigenvalue weighted by Crippen LogP contribution is -1.72. The van der Waals surface area contributed by atoms with E-state index in [0.29, 0.717) is 5.69 Å². The number of hydrogen-bond donors (Lipinski definition) is 2. The van der Waals surface area contributed by atoms with Gasteiger partial charge in [-0.15, -0.1) is 0 Å². The second kappa shape index (κ2) is 1.89. The molecule has 0 atom stereocenters. The molecule has 0 unspecified atom stereocenters. The molecule has 0 amide bonds. The van der Waals surface area contributed by atoms with Crippen molar-refractivity contribution < 1.29 is 0 Å². The van der Waals surface area contributed by atoms with Crippen LogP contribution in [-0.4, -0.2) is 10.2 Å². The van der Waals surface area contributed by atoms with E-state index in [4.69, 9.17) is 5.26 Å². The van der Waals surface area contributed by atoms with Crippen molar-refractivity contribution in [2.75, 3.05) is 0 Å². The number of nitriles is 1. The van der Waals surface area contributed by atoms with Crippen molar-refractivity contribution in [3.8, 4) is 17.3 Å². The van der Waals surface area contributed by atoms with Gasteiger partial charge in [-0.25, -0.2) is 0 Å². The number of fused-ring (bicyclic) bond motifs is 1. The van der Waals surface area contributed by atoms with Gasteiger partial charge in [-0.1, -0.05) is 0 Å². The van der Waals surface area contributed by atoms with E-state index in [1.54, 1.807) is 0 Å². The number of nitrogens with one attached hydrogen (secondary N) is 2. The Morgan fingerprint density at radius 3 is 2.91 bits per heavy atom. The predicted octanol–water partition coefficient (Wildman–Crippen LogP) is 1.63. The lowest BCUT2D eigenvalue weighted by atomic mass is 10.2. The normalized spacial score (nSPS) is 10.2. The average Bonchev–Trinajstić information content (AvgIpc) is 2.45. The van der Waals surface area contributed by atoms with Gasteiger partial charge < -0.3 is 0 Å². The molecule has 2 aliphatic rings. The smallest absolute Gasteiger partial charge is 0.141 e. The molecule has 3 heteroatoms. The topological polar surface area (TPSA) is 55.4 Å². The van der Waals surface area contributed by atoms with Gasteiger partial charge in [0.2, 0.25) is 0 Å². The number of aromatic amines is 2. The molecule has 54 valence electrons. The van der Waals surface area contributed by atoms with Crippen molar-refractivity contribution in [2.24, 2.45) is 0 Å². The van der Waals surface area contributed by atoms with Crippen molar-refractivity contribution in [2.45, 2.75) is 6.92 Å². The molecule has 2 rings (SSSR count). The van der Waals surface area contributed by atoms with Crippen molar-refractivity contribution in [3.63, 3.8) is 0 Å². The second-order valence-corrected chi connectivity index (χ2v) is 2.60. The Kier molecular flexibility index (Phi) is 1.04. The minimum atomic E-state index is 0.605. The Hall–Kier alpha value is -1.69. The molecule has 0 spiro atoms. The summed E-state index contributed by atoms with van der Waals surface area (Å²) >= 11 is 0. The van der Waals surface area contributed by atoms with Crippen molar-refractivity contribution in [1.82, 2.24) is 10.2 Å². The Morgan fingerprint density at radius 1 is 1.36 bits per heavy atom. The first-order valence-electron chi connectivity index (χ1n) is 3.38. The quantitative estimate of drug-likeness (QED) is 0.581. The highest BCUT2D eigenvalue weighted by molar-refractivity contribution is 5.69. The molecule has 2 N–H and O–H groups in total. The Bertz CT molecular complexity index is 388. The molecule has 0 radical (unpaired) electrons. The number of hydrogen-bond acceptors (Lipinski definition) is 1. The molecule has 0 fully saturated rings. The second-order valence-electron chi connectivity index (χ2n) is 2.60. The Labute approximate surface area is 64.0 Å².